The molecule has 2 aromatic carbocycles. The van der Waals surface area contributed by atoms with Crippen LogP contribution >= 0.6 is 11.8 Å². The molecule has 1 N–H and O–H groups in total. The Bertz CT molecular complexity index is 1180. The van der Waals surface area contributed by atoms with Gasteiger partial charge in [-0.2, -0.15) is 0 Å². The van der Waals surface area contributed by atoms with Gasteiger partial charge >= 0.3 is 0 Å². The van der Waals surface area contributed by atoms with Crippen molar-refractivity contribution in [3.8, 4) is 0 Å². The van der Waals surface area contributed by atoms with Crippen molar-refractivity contribution in [2.45, 2.75) is 50.9 Å². The number of fused-ring (bicyclic) bond motifs is 4. The molecule has 0 radical (unpaired) electrons. The van der Waals surface area contributed by atoms with Gasteiger partial charge in [-0.1, -0.05) is 48.4 Å². The highest BCUT2D eigenvalue weighted by atomic mass is 32.2. The number of hydrogen-bond donors (Lipinski definition) is 1. The lowest BCUT2D eigenvalue weighted by atomic mass is 9.64. The third-order valence-electron chi connectivity index (χ3n) is 8.74. The van der Waals surface area contributed by atoms with E-state index < -0.39 is 0 Å². The summed E-state index contributed by atoms with van der Waals surface area (Å²) in [5.74, 6) is 3.42. The van der Waals surface area contributed by atoms with E-state index in [1.54, 1.807) is 16.7 Å². The topological polar surface area (TPSA) is 24.4 Å². The Balaban J connectivity index is 1.44. The largest absolute Gasteiger partial charge is 0.316 e. The van der Waals surface area contributed by atoms with Crippen LogP contribution < -0.4 is 5.32 Å². The molecule has 2 aromatic rings. The van der Waals surface area contributed by atoms with E-state index in [9.17, 15) is 0 Å². The van der Waals surface area contributed by atoms with Crippen molar-refractivity contribution in [2.75, 3.05) is 25.4 Å². The van der Waals surface area contributed by atoms with E-state index in [-0.39, 0.29) is 0 Å². The zero-order valence-electron chi connectivity index (χ0n) is 18.8. The maximum Gasteiger partial charge on any atom is 0.0986 e. The number of nitrogens with zero attached hydrogens (tertiary/aromatic N) is 1. The van der Waals surface area contributed by atoms with Crippen LogP contribution in [0.2, 0.25) is 0 Å². The number of thioether (sulfide) groups is 1. The lowest BCUT2D eigenvalue weighted by Gasteiger charge is -2.41. The van der Waals surface area contributed by atoms with Crippen LogP contribution in [-0.2, 0) is 6.42 Å². The van der Waals surface area contributed by atoms with E-state index in [1.165, 1.54) is 77.5 Å². The highest BCUT2D eigenvalue weighted by molar-refractivity contribution is 8.14. The summed E-state index contributed by atoms with van der Waals surface area (Å²) in [4.78, 5) is 4.97. The van der Waals surface area contributed by atoms with Gasteiger partial charge in [0.2, 0.25) is 0 Å². The van der Waals surface area contributed by atoms with Gasteiger partial charge in [0.15, 0.2) is 0 Å². The summed E-state index contributed by atoms with van der Waals surface area (Å²) in [6.45, 7) is 3.21. The van der Waals surface area contributed by atoms with Crippen molar-refractivity contribution in [3.05, 3.63) is 64.2 Å². The molecule has 3 heteroatoms. The van der Waals surface area contributed by atoms with Crippen LogP contribution in [0.5, 0.6) is 0 Å². The molecule has 1 saturated heterocycles. The molecule has 2 nitrogen and oxygen atoms in total. The maximum atomic E-state index is 4.97. The molecule has 3 aliphatic carbocycles. The Morgan fingerprint density at radius 2 is 1.97 bits per heavy atom. The molecule has 2 heterocycles. The molecular formula is C29H32N2S. The van der Waals surface area contributed by atoms with Crippen LogP contribution in [0.25, 0.3) is 16.3 Å². The molecule has 2 unspecified atom stereocenters. The first-order chi connectivity index (χ1) is 15.9. The van der Waals surface area contributed by atoms with Crippen molar-refractivity contribution in [3.63, 3.8) is 0 Å². The second-order valence-corrected chi connectivity index (χ2v) is 11.4. The molecule has 0 spiro atoms. The van der Waals surface area contributed by atoms with Gasteiger partial charge in [0.25, 0.3) is 0 Å². The zero-order valence-corrected chi connectivity index (χ0v) is 19.6. The van der Waals surface area contributed by atoms with E-state index in [0.29, 0.717) is 5.92 Å². The van der Waals surface area contributed by atoms with Gasteiger partial charge in [-0.3, -0.25) is 4.99 Å². The Morgan fingerprint density at radius 3 is 2.75 bits per heavy atom. The fourth-order valence-corrected chi connectivity index (χ4v) is 7.84. The van der Waals surface area contributed by atoms with Crippen LogP contribution in [0.15, 0.2) is 47.0 Å². The quantitative estimate of drug-likeness (QED) is 0.590. The molecule has 0 aromatic heterocycles. The maximum absolute atomic E-state index is 4.97. The van der Waals surface area contributed by atoms with Crippen LogP contribution in [0.1, 0.15) is 66.7 Å². The minimum Gasteiger partial charge on any atom is -0.316 e. The molecule has 7 rings (SSSR count). The van der Waals surface area contributed by atoms with Crippen LogP contribution in [-0.4, -0.2) is 30.4 Å². The smallest absolute Gasteiger partial charge is 0.0986 e. The van der Waals surface area contributed by atoms with E-state index in [0.717, 1.165) is 37.2 Å². The monoisotopic (exact) mass is 440 g/mol. The minimum absolute atomic E-state index is 0.618. The third-order valence-corrected chi connectivity index (χ3v) is 9.73. The fraction of sp³-hybridized carbons (Fsp3) is 0.483. The van der Waals surface area contributed by atoms with Crippen LogP contribution in [0, 0.1) is 11.8 Å². The van der Waals surface area contributed by atoms with E-state index in [4.69, 9.17) is 4.99 Å². The van der Waals surface area contributed by atoms with Crippen molar-refractivity contribution >= 4 is 33.2 Å². The summed E-state index contributed by atoms with van der Waals surface area (Å²) in [7, 11) is 0. The van der Waals surface area contributed by atoms with Crippen molar-refractivity contribution < 1.29 is 0 Å². The molecule has 164 valence electrons. The van der Waals surface area contributed by atoms with Gasteiger partial charge in [-0.15, -0.1) is 11.8 Å². The lowest BCUT2D eigenvalue weighted by Crippen LogP contribution is -2.29. The van der Waals surface area contributed by atoms with E-state index in [1.807, 2.05) is 11.8 Å². The first-order valence-corrected chi connectivity index (χ1v) is 13.7. The Kier molecular flexibility index (Phi) is 4.83. The summed E-state index contributed by atoms with van der Waals surface area (Å²) in [6.07, 6.45) is 14.1. The Morgan fingerprint density at radius 1 is 1.03 bits per heavy atom. The van der Waals surface area contributed by atoms with Crippen molar-refractivity contribution in [1.82, 2.24) is 5.32 Å². The molecular weight excluding hydrogens is 408 g/mol. The van der Waals surface area contributed by atoms with Gasteiger partial charge in [0, 0.05) is 24.4 Å². The van der Waals surface area contributed by atoms with Gasteiger partial charge in [0.1, 0.15) is 0 Å². The fourth-order valence-electron chi connectivity index (χ4n) is 6.91. The first kappa shape index (κ1) is 19.6. The molecule has 5 aliphatic rings. The van der Waals surface area contributed by atoms with Gasteiger partial charge in [0.05, 0.1) is 5.04 Å². The van der Waals surface area contributed by atoms with Gasteiger partial charge < -0.3 is 5.32 Å². The van der Waals surface area contributed by atoms with Gasteiger partial charge in [-0.05, 0) is 95.9 Å². The standard InChI is InChI=1S/C29H32N2S/c1-2-7-22-21(6-1)23-10-11-25-24(27(23)16-26(22)18-4-3-5-18)9-8-20(19-12-13-30-17-19)28(25)29-31-14-15-32-29/h1,6,8-11,18-19,26,30H,2-5,7,12-17H2. The highest BCUT2D eigenvalue weighted by Gasteiger charge is 2.36. The SMILES string of the molecule is C1=CC2=C(CC1)C(C1CCC1)Cc1c2ccc2c(C3=NCCS3)c(C3CCNC3)ccc12. The average molecular weight is 441 g/mol. The first-order valence-electron chi connectivity index (χ1n) is 12.8. The Hall–Kier alpha value is -1.84. The molecule has 0 bridgehead atoms. The summed E-state index contributed by atoms with van der Waals surface area (Å²) in [6, 6.07) is 9.84. The van der Waals surface area contributed by atoms with Gasteiger partial charge in [-0.25, -0.2) is 0 Å². The number of rotatable bonds is 3. The summed E-state index contributed by atoms with van der Waals surface area (Å²) >= 11 is 1.97. The van der Waals surface area contributed by atoms with Crippen molar-refractivity contribution in [2.24, 2.45) is 16.8 Å². The second-order valence-electron chi connectivity index (χ2n) is 10.3. The number of nitrogens with one attached hydrogen (secondary N) is 1. The lowest BCUT2D eigenvalue weighted by molar-refractivity contribution is 0.227. The Labute approximate surface area is 195 Å². The number of benzene rings is 2. The molecule has 32 heavy (non-hydrogen) atoms. The van der Waals surface area contributed by atoms with Crippen LogP contribution in [0.3, 0.4) is 0 Å². The van der Waals surface area contributed by atoms with Crippen molar-refractivity contribution in [1.29, 1.82) is 0 Å². The summed E-state index contributed by atoms with van der Waals surface area (Å²) < 4.78 is 0. The summed E-state index contributed by atoms with van der Waals surface area (Å²) in [5.41, 5.74) is 9.45. The number of aliphatic imine (C=N–C) groups is 1. The van der Waals surface area contributed by atoms with E-state index in [2.05, 4.69) is 41.7 Å². The predicted octanol–water partition coefficient (Wildman–Crippen LogP) is 6.49. The van der Waals surface area contributed by atoms with Crippen LogP contribution in [0.4, 0.5) is 0 Å². The normalized spacial score (nSPS) is 27.4. The zero-order chi connectivity index (χ0) is 21.1. The number of allylic oxidation sites excluding steroid dienone is 4. The van der Waals surface area contributed by atoms with E-state index >= 15 is 0 Å². The third kappa shape index (κ3) is 3.00. The average Bonchev–Trinajstić information content (AvgIpc) is 3.51. The molecule has 1 saturated carbocycles. The second kappa shape index (κ2) is 7.88. The highest BCUT2D eigenvalue weighted by Crippen LogP contribution is 2.50. The summed E-state index contributed by atoms with van der Waals surface area (Å²) in [5, 5.41) is 7.83. The molecule has 2 aliphatic heterocycles. The minimum atomic E-state index is 0.618. The number of hydrogen-bond acceptors (Lipinski definition) is 3. The molecule has 2 atom stereocenters. The molecule has 2 fully saturated rings. The molecule has 0 amide bonds. The predicted molar refractivity (Wildman–Crippen MR) is 138 cm³/mol.